The molecule has 0 amide bonds. The Morgan fingerprint density at radius 3 is 2.65 bits per heavy atom. The van der Waals surface area contributed by atoms with Crippen LogP contribution in [-0.2, 0) is 6.54 Å². The summed E-state index contributed by atoms with van der Waals surface area (Å²) >= 11 is 0. The van der Waals surface area contributed by atoms with E-state index in [1.807, 2.05) is 0 Å². The Morgan fingerprint density at radius 1 is 1.30 bits per heavy atom. The van der Waals surface area contributed by atoms with Gasteiger partial charge in [-0.2, -0.15) is 0 Å². The lowest BCUT2D eigenvalue weighted by atomic mass is 10.1. The molecule has 2 N–H and O–H groups in total. The Balaban J connectivity index is 2.51. The highest BCUT2D eigenvalue weighted by Gasteiger charge is 2.20. The molecule has 0 fully saturated rings. The van der Waals surface area contributed by atoms with E-state index in [-0.39, 0.29) is 23.7 Å². The molecule has 2 rings (SSSR count). The topological polar surface area (TPSA) is 78.4 Å². The van der Waals surface area contributed by atoms with Gasteiger partial charge >= 0.3 is 5.69 Å². The molecule has 0 atom stereocenters. The van der Waals surface area contributed by atoms with Crippen molar-refractivity contribution < 1.29 is 14.1 Å². The van der Waals surface area contributed by atoms with Crippen LogP contribution in [0.3, 0.4) is 0 Å². The smallest absolute Gasteiger partial charge is 0.314 e. The number of para-hydroxylation sites is 2. The fraction of sp³-hybridized carbons (Fsp3) is 0.143. The molecule has 5 nitrogen and oxygen atoms in total. The van der Waals surface area contributed by atoms with E-state index < -0.39 is 10.7 Å². The van der Waals surface area contributed by atoms with Crippen LogP contribution in [0.1, 0.15) is 11.1 Å². The molecule has 104 valence electrons. The molecule has 0 heterocycles. The van der Waals surface area contributed by atoms with E-state index in [2.05, 4.69) is 0 Å². The van der Waals surface area contributed by atoms with Gasteiger partial charge in [-0.3, -0.25) is 10.1 Å². The highest BCUT2D eigenvalue weighted by Crippen LogP contribution is 2.36. The van der Waals surface area contributed by atoms with Crippen LogP contribution in [0.5, 0.6) is 11.5 Å². The predicted molar refractivity (Wildman–Crippen MR) is 72.2 cm³/mol. The van der Waals surface area contributed by atoms with Gasteiger partial charge in [0, 0.05) is 17.7 Å². The number of nitrogens with zero attached hydrogens (tertiary/aromatic N) is 1. The highest BCUT2D eigenvalue weighted by molar-refractivity contribution is 5.54. The van der Waals surface area contributed by atoms with Crippen LogP contribution in [0.2, 0.25) is 0 Å². The standard InChI is InChI=1S/C14H13FN2O3/c1-9-4-2-7-12(13(9)17(18)19)20-14-10(8-16)5-3-6-11(14)15/h2-7H,8,16H2,1H3. The average molecular weight is 276 g/mol. The minimum absolute atomic E-state index is 0.00481. The third kappa shape index (κ3) is 2.60. The molecule has 0 aromatic heterocycles. The number of halogens is 1. The van der Waals surface area contributed by atoms with Crippen LogP contribution in [0.25, 0.3) is 0 Å². The molecule has 6 heteroatoms. The minimum Gasteiger partial charge on any atom is -0.447 e. The van der Waals surface area contributed by atoms with Crippen molar-refractivity contribution in [2.45, 2.75) is 13.5 Å². The average Bonchev–Trinajstić information content (AvgIpc) is 2.40. The molecular formula is C14H13FN2O3. The van der Waals surface area contributed by atoms with Crippen LogP contribution in [0.15, 0.2) is 36.4 Å². The molecule has 0 radical (unpaired) electrons. The number of aryl methyl sites for hydroxylation is 1. The highest BCUT2D eigenvalue weighted by atomic mass is 19.1. The second kappa shape index (κ2) is 5.66. The second-order valence-electron chi connectivity index (χ2n) is 4.21. The Hall–Kier alpha value is -2.47. The molecule has 0 saturated heterocycles. The van der Waals surface area contributed by atoms with Crippen molar-refractivity contribution in [3.05, 3.63) is 63.5 Å². The minimum atomic E-state index is -0.608. The zero-order valence-electron chi connectivity index (χ0n) is 10.8. The largest absolute Gasteiger partial charge is 0.447 e. The summed E-state index contributed by atoms with van der Waals surface area (Å²) in [5.74, 6) is -0.692. The number of nitro groups is 1. The van der Waals surface area contributed by atoms with E-state index in [1.54, 1.807) is 25.1 Å². The van der Waals surface area contributed by atoms with Gasteiger partial charge in [0.1, 0.15) is 0 Å². The van der Waals surface area contributed by atoms with Gasteiger partial charge in [0.15, 0.2) is 11.6 Å². The number of nitro benzene ring substituents is 1. The summed E-state index contributed by atoms with van der Waals surface area (Å²) in [5.41, 5.74) is 6.23. The van der Waals surface area contributed by atoms with Crippen molar-refractivity contribution >= 4 is 5.69 Å². The van der Waals surface area contributed by atoms with E-state index in [0.29, 0.717) is 11.1 Å². The third-order valence-electron chi connectivity index (χ3n) is 2.86. The normalized spacial score (nSPS) is 10.3. The quantitative estimate of drug-likeness (QED) is 0.686. The lowest BCUT2D eigenvalue weighted by Crippen LogP contribution is -2.03. The number of nitrogens with two attached hydrogens (primary N) is 1. The molecule has 0 aliphatic carbocycles. The van der Waals surface area contributed by atoms with Gasteiger partial charge in [0.25, 0.3) is 0 Å². The Bertz CT molecular complexity index is 659. The third-order valence-corrected chi connectivity index (χ3v) is 2.86. The first-order valence-corrected chi connectivity index (χ1v) is 5.94. The maximum absolute atomic E-state index is 13.8. The van der Waals surface area contributed by atoms with Crippen molar-refractivity contribution in [2.75, 3.05) is 0 Å². The Kier molecular flexibility index (Phi) is 3.95. The lowest BCUT2D eigenvalue weighted by Gasteiger charge is -2.11. The van der Waals surface area contributed by atoms with Gasteiger partial charge in [-0.05, 0) is 19.1 Å². The van der Waals surface area contributed by atoms with E-state index in [0.717, 1.165) is 0 Å². The first-order valence-electron chi connectivity index (χ1n) is 5.94. The van der Waals surface area contributed by atoms with E-state index in [1.165, 1.54) is 18.2 Å². The molecule has 0 spiro atoms. The summed E-state index contributed by atoms with van der Waals surface area (Å²) in [5, 5.41) is 11.1. The maximum Gasteiger partial charge on any atom is 0.314 e. The van der Waals surface area contributed by atoms with Crippen LogP contribution in [0, 0.1) is 22.9 Å². The van der Waals surface area contributed by atoms with Gasteiger partial charge < -0.3 is 10.5 Å². The fourth-order valence-electron chi connectivity index (χ4n) is 1.89. The van der Waals surface area contributed by atoms with E-state index in [4.69, 9.17) is 10.5 Å². The fourth-order valence-corrected chi connectivity index (χ4v) is 1.89. The number of benzene rings is 2. The SMILES string of the molecule is Cc1cccc(Oc2c(F)cccc2CN)c1[N+](=O)[O-]. The lowest BCUT2D eigenvalue weighted by molar-refractivity contribution is -0.386. The molecule has 0 bridgehead atoms. The summed E-state index contributed by atoms with van der Waals surface area (Å²) in [6.45, 7) is 1.67. The van der Waals surface area contributed by atoms with Crippen molar-refractivity contribution in [1.29, 1.82) is 0 Å². The van der Waals surface area contributed by atoms with Crippen LogP contribution in [0.4, 0.5) is 10.1 Å². The maximum atomic E-state index is 13.8. The van der Waals surface area contributed by atoms with Gasteiger partial charge in [-0.15, -0.1) is 0 Å². The molecule has 0 aliphatic rings. The molecular weight excluding hydrogens is 263 g/mol. The summed E-state index contributed by atoms with van der Waals surface area (Å²) in [6.07, 6.45) is 0. The number of hydrogen-bond acceptors (Lipinski definition) is 4. The second-order valence-corrected chi connectivity index (χ2v) is 4.21. The molecule has 0 aliphatic heterocycles. The molecule has 2 aromatic rings. The Morgan fingerprint density at radius 2 is 2.00 bits per heavy atom. The van der Waals surface area contributed by atoms with E-state index in [9.17, 15) is 14.5 Å². The van der Waals surface area contributed by atoms with Crippen LogP contribution >= 0.6 is 0 Å². The summed E-state index contributed by atoms with van der Waals surface area (Å²) in [4.78, 5) is 10.5. The zero-order chi connectivity index (χ0) is 14.7. The van der Waals surface area contributed by atoms with Crippen molar-refractivity contribution in [3.63, 3.8) is 0 Å². The van der Waals surface area contributed by atoms with Gasteiger partial charge in [-0.25, -0.2) is 4.39 Å². The molecule has 2 aromatic carbocycles. The summed E-state index contributed by atoms with van der Waals surface area (Å²) in [7, 11) is 0. The summed E-state index contributed by atoms with van der Waals surface area (Å²) < 4.78 is 19.2. The van der Waals surface area contributed by atoms with Crippen molar-refractivity contribution in [1.82, 2.24) is 0 Å². The van der Waals surface area contributed by atoms with Crippen LogP contribution < -0.4 is 10.5 Å². The van der Waals surface area contributed by atoms with Crippen molar-refractivity contribution in [2.24, 2.45) is 5.73 Å². The first kappa shape index (κ1) is 14.0. The summed E-state index contributed by atoms with van der Waals surface area (Å²) in [6, 6.07) is 8.97. The van der Waals surface area contributed by atoms with Gasteiger partial charge in [0.2, 0.25) is 5.75 Å². The molecule has 0 saturated carbocycles. The van der Waals surface area contributed by atoms with Crippen molar-refractivity contribution in [3.8, 4) is 11.5 Å². The monoisotopic (exact) mass is 276 g/mol. The van der Waals surface area contributed by atoms with Crippen LogP contribution in [-0.4, -0.2) is 4.92 Å². The van der Waals surface area contributed by atoms with Gasteiger partial charge in [0.05, 0.1) is 4.92 Å². The zero-order valence-corrected chi connectivity index (χ0v) is 10.8. The predicted octanol–water partition coefficient (Wildman–Crippen LogP) is 3.29. The number of rotatable bonds is 4. The molecule has 0 unspecified atom stereocenters. The number of ether oxygens (including phenoxy) is 1. The van der Waals surface area contributed by atoms with E-state index >= 15 is 0 Å². The Labute approximate surface area is 114 Å². The first-order chi connectivity index (χ1) is 9.54. The molecule has 20 heavy (non-hydrogen) atoms. The van der Waals surface area contributed by atoms with Gasteiger partial charge in [-0.1, -0.05) is 24.3 Å². The number of hydrogen-bond donors (Lipinski definition) is 1.